The fraction of sp³-hybridized carbons (Fsp3) is 0.344. The first-order valence-corrected chi connectivity index (χ1v) is 14.1. The van der Waals surface area contributed by atoms with E-state index in [0.29, 0.717) is 11.5 Å². The summed E-state index contributed by atoms with van der Waals surface area (Å²) in [5, 5.41) is 6.51. The van der Waals surface area contributed by atoms with Gasteiger partial charge in [-0.05, 0) is 70.0 Å². The largest absolute Gasteiger partial charge is 0.494 e. The number of piperazine rings is 1. The third-order valence-corrected chi connectivity index (χ3v) is 8.15. The number of methoxy groups -OCH3 is 1. The van der Waals surface area contributed by atoms with Crippen LogP contribution in [0.5, 0.6) is 5.75 Å². The Balaban J connectivity index is 1.24. The first-order valence-electron chi connectivity index (χ1n) is 14.1. The molecule has 0 spiro atoms. The summed E-state index contributed by atoms with van der Waals surface area (Å²) >= 11 is 0. The maximum atomic E-state index is 13.4. The van der Waals surface area contributed by atoms with Crippen LogP contribution in [0.15, 0.2) is 48.8 Å². The van der Waals surface area contributed by atoms with Crippen LogP contribution in [0, 0.1) is 20.8 Å². The van der Waals surface area contributed by atoms with Crippen molar-refractivity contribution in [3.8, 4) is 11.6 Å². The molecule has 2 N–H and O–H groups in total. The van der Waals surface area contributed by atoms with E-state index in [1.807, 2.05) is 42.9 Å². The molecule has 2 aliphatic rings. The maximum absolute atomic E-state index is 13.4. The number of benzene rings is 2. The van der Waals surface area contributed by atoms with Crippen LogP contribution in [-0.2, 0) is 12.8 Å². The fourth-order valence-electron chi connectivity index (χ4n) is 5.94. The zero-order valence-corrected chi connectivity index (χ0v) is 24.4. The molecule has 41 heavy (non-hydrogen) atoms. The van der Waals surface area contributed by atoms with Crippen molar-refractivity contribution in [2.24, 2.45) is 0 Å². The van der Waals surface area contributed by atoms with Crippen LogP contribution in [0.3, 0.4) is 0 Å². The lowest BCUT2D eigenvalue weighted by atomic mass is 10.0. The van der Waals surface area contributed by atoms with E-state index in [1.165, 1.54) is 5.56 Å². The van der Waals surface area contributed by atoms with Gasteiger partial charge in [0.15, 0.2) is 0 Å². The molecular weight excluding hydrogens is 514 g/mol. The summed E-state index contributed by atoms with van der Waals surface area (Å²) in [7, 11) is 3.84. The highest BCUT2D eigenvalue weighted by atomic mass is 16.5. The molecule has 1 fully saturated rings. The van der Waals surface area contributed by atoms with E-state index in [-0.39, 0.29) is 5.91 Å². The summed E-state index contributed by atoms with van der Waals surface area (Å²) < 4.78 is 7.75. The van der Waals surface area contributed by atoms with Gasteiger partial charge in [-0.15, -0.1) is 0 Å². The third kappa shape index (κ3) is 5.25. The number of likely N-dealkylation sites (N-methyl/N-ethyl adjacent to an activating group) is 1. The van der Waals surface area contributed by atoms with Crippen molar-refractivity contribution in [2.45, 2.75) is 33.6 Å². The smallest absolute Gasteiger partial charge is 0.257 e. The molecule has 9 heteroatoms. The lowest BCUT2D eigenvalue weighted by Gasteiger charge is -2.34. The topological polar surface area (TPSA) is 87.6 Å². The average Bonchev–Trinajstić information content (AvgIpc) is 3.40. The average molecular weight is 552 g/mol. The predicted molar refractivity (Wildman–Crippen MR) is 163 cm³/mol. The number of carbonyl (C=O) groups is 1. The Bertz CT molecular complexity index is 1600. The van der Waals surface area contributed by atoms with Gasteiger partial charge in [-0.1, -0.05) is 17.7 Å². The molecular formula is C32H37N7O2. The van der Waals surface area contributed by atoms with E-state index in [0.717, 1.165) is 90.0 Å². The van der Waals surface area contributed by atoms with E-state index in [2.05, 4.69) is 63.7 Å². The fourth-order valence-corrected chi connectivity index (χ4v) is 5.94. The van der Waals surface area contributed by atoms with Crippen LogP contribution < -0.4 is 20.3 Å². The Morgan fingerprint density at radius 1 is 0.976 bits per heavy atom. The zero-order chi connectivity index (χ0) is 28.7. The van der Waals surface area contributed by atoms with Gasteiger partial charge in [-0.3, -0.25) is 4.79 Å². The van der Waals surface area contributed by atoms with Crippen molar-refractivity contribution in [1.29, 1.82) is 0 Å². The minimum Gasteiger partial charge on any atom is -0.494 e. The number of fused-ring (bicyclic) bond motifs is 3. The van der Waals surface area contributed by atoms with Crippen LogP contribution in [0.25, 0.3) is 5.82 Å². The molecule has 0 unspecified atom stereocenters. The molecule has 212 valence electrons. The molecule has 0 bridgehead atoms. The number of amides is 1. The van der Waals surface area contributed by atoms with Crippen LogP contribution in [0.2, 0.25) is 0 Å². The zero-order valence-electron chi connectivity index (χ0n) is 24.4. The van der Waals surface area contributed by atoms with Crippen LogP contribution in [-0.4, -0.2) is 65.7 Å². The summed E-state index contributed by atoms with van der Waals surface area (Å²) in [4.78, 5) is 27.6. The Labute approximate surface area is 241 Å². The molecule has 1 saturated heterocycles. The van der Waals surface area contributed by atoms with E-state index in [4.69, 9.17) is 9.72 Å². The second-order valence-corrected chi connectivity index (χ2v) is 11.1. The molecule has 2 aromatic carbocycles. The van der Waals surface area contributed by atoms with Gasteiger partial charge >= 0.3 is 0 Å². The van der Waals surface area contributed by atoms with Gasteiger partial charge in [-0.25, -0.2) is 4.98 Å². The number of hydrogen-bond acceptors (Lipinski definition) is 7. The number of carbonyl (C=O) groups excluding carboxylic acids is 1. The molecule has 4 aromatic rings. The van der Waals surface area contributed by atoms with Gasteiger partial charge in [-0.2, -0.15) is 4.98 Å². The number of ether oxygens (including phenoxy) is 1. The van der Waals surface area contributed by atoms with Gasteiger partial charge in [0, 0.05) is 67.3 Å². The van der Waals surface area contributed by atoms with Crippen LogP contribution in [0.4, 0.5) is 23.0 Å². The van der Waals surface area contributed by atoms with Crippen molar-refractivity contribution in [3.63, 3.8) is 0 Å². The number of anilines is 4. The number of hydrogen-bond donors (Lipinski definition) is 2. The first kappa shape index (κ1) is 26.8. The predicted octanol–water partition coefficient (Wildman–Crippen LogP) is 5.05. The number of aryl methyl sites for hydroxylation is 4. The molecule has 2 aromatic heterocycles. The Morgan fingerprint density at radius 3 is 2.46 bits per heavy atom. The minimum absolute atomic E-state index is 0.102. The molecule has 6 rings (SSSR count). The Morgan fingerprint density at radius 2 is 1.73 bits per heavy atom. The molecule has 0 aliphatic carbocycles. The summed E-state index contributed by atoms with van der Waals surface area (Å²) in [6.45, 7) is 10.2. The van der Waals surface area contributed by atoms with E-state index in [9.17, 15) is 4.79 Å². The van der Waals surface area contributed by atoms with E-state index >= 15 is 0 Å². The van der Waals surface area contributed by atoms with Gasteiger partial charge in [0.05, 0.1) is 18.4 Å². The summed E-state index contributed by atoms with van der Waals surface area (Å²) in [5.41, 5.74) is 8.80. The highest BCUT2D eigenvalue weighted by Crippen LogP contribution is 2.33. The number of rotatable bonds is 6. The quantitative estimate of drug-likeness (QED) is 0.347. The van der Waals surface area contributed by atoms with Crippen molar-refractivity contribution in [2.75, 3.05) is 55.9 Å². The summed E-state index contributed by atoms with van der Waals surface area (Å²) in [6, 6.07) is 12.3. The van der Waals surface area contributed by atoms with Gasteiger partial charge in [0.2, 0.25) is 5.95 Å². The number of nitrogens with one attached hydrogen (secondary N) is 2. The first-order chi connectivity index (χ1) is 19.8. The second kappa shape index (κ2) is 10.9. The Kier molecular flexibility index (Phi) is 7.13. The van der Waals surface area contributed by atoms with E-state index in [1.54, 1.807) is 7.11 Å². The Hall–Kier alpha value is -4.37. The highest BCUT2D eigenvalue weighted by Gasteiger charge is 2.25. The standard InChI is InChI=1S/C32H37N7O2/c1-20-16-21(2)29(22(3)17-20)35-31(40)25-10-11-39-27(25)9-6-23-19-33-32(36-30(23)39)34-26-8-7-24(18-28(26)41-5)38-14-12-37(4)13-15-38/h7-8,10-11,16-19H,6,9,12-15H2,1-5H3,(H,35,40)(H,33,34,36). The van der Waals surface area contributed by atoms with Crippen molar-refractivity contribution in [1.82, 2.24) is 19.4 Å². The molecule has 0 atom stereocenters. The van der Waals surface area contributed by atoms with Crippen molar-refractivity contribution < 1.29 is 9.53 Å². The third-order valence-electron chi connectivity index (χ3n) is 8.15. The van der Waals surface area contributed by atoms with Crippen molar-refractivity contribution in [3.05, 3.63) is 82.3 Å². The molecule has 0 saturated carbocycles. The van der Waals surface area contributed by atoms with Crippen molar-refractivity contribution >= 4 is 28.9 Å². The van der Waals surface area contributed by atoms with Gasteiger partial charge in [0.25, 0.3) is 5.91 Å². The summed E-state index contributed by atoms with van der Waals surface area (Å²) in [6.07, 6.45) is 5.31. The molecule has 2 aliphatic heterocycles. The second-order valence-electron chi connectivity index (χ2n) is 11.1. The molecule has 4 heterocycles. The van der Waals surface area contributed by atoms with Crippen LogP contribution >= 0.6 is 0 Å². The monoisotopic (exact) mass is 551 g/mol. The highest BCUT2D eigenvalue weighted by molar-refractivity contribution is 6.06. The normalized spacial score (nSPS) is 14.8. The van der Waals surface area contributed by atoms with E-state index < -0.39 is 0 Å². The molecule has 9 nitrogen and oxygen atoms in total. The van der Waals surface area contributed by atoms with Gasteiger partial charge < -0.3 is 29.7 Å². The van der Waals surface area contributed by atoms with Gasteiger partial charge in [0.1, 0.15) is 11.6 Å². The SMILES string of the molecule is COc1cc(N2CCN(C)CC2)ccc1Nc1ncc2c(n1)-n1ccc(C(=O)Nc3c(C)cc(C)cc3C)c1CC2. The maximum Gasteiger partial charge on any atom is 0.257 e. The molecule has 1 amide bonds. The number of nitrogens with zero attached hydrogens (tertiary/aromatic N) is 5. The molecule has 0 radical (unpaired) electrons. The lowest BCUT2D eigenvalue weighted by molar-refractivity contribution is 0.102. The number of aromatic nitrogens is 3. The lowest BCUT2D eigenvalue weighted by Crippen LogP contribution is -2.44. The minimum atomic E-state index is -0.102. The van der Waals surface area contributed by atoms with Crippen LogP contribution in [0.1, 0.15) is 38.3 Å². The summed E-state index contributed by atoms with van der Waals surface area (Å²) in [5.74, 6) is 1.91.